The monoisotopic (exact) mass is 458 g/mol. The summed E-state index contributed by atoms with van der Waals surface area (Å²) < 4.78 is 28.3. The summed E-state index contributed by atoms with van der Waals surface area (Å²) in [6, 6.07) is 7.14. The summed E-state index contributed by atoms with van der Waals surface area (Å²) in [6.45, 7) is 1.00. The summed E-state index contributed by atoms with van der Waals surface area (Å²) in [6.07, 6.45) is -1.66. The largest absolute Gasteiger partial charge is 0.319 e. The Bertz CT molecular complexity index is 1120. The third-order valence-electron chi connectivity index (χ3n) is 4.15. The van der Waals surface area contributed by atoms with Crippen LogP contribution in [0.5, 0.6) is 0 Å². The topological polar surface area (TPSA) is 108 Å². The maximum atomic E-state index is 13.0. The average molecular weight is 459 g/mol. The minimum absolute atomic E-state index is 0.0436. The second-order valence-corrected chi connectivity index (χ2v) is 7.01. The number of aromatic nitrogens is 4. The summed E-state index contributed by atoms with van der Waals surface area (Å²) >= 11 is 12.2. The van der Waals surface area contributed by atoms with E-state index in [1.165, 1.54) is 17.8 Å². The fourth-order valence-corrected chi connectivity index (χ4v) is 3.15. The molecule has 1 N–H and O–H groups in total. The molecule has 0 aliphatic carbocycles. The molecule has 3 rings (SSSR count). The van der Waals surface area contributed by atoms with Gasteiger partial charge in [-0.05, 0) is 18.6 Å². The second kappa shape index (κ2) is 8.76. The van der Waals surface area contributed by atoms with Crippen LogP contribution in [0.2, 0.25) is 10.0 Å². The van der Waals surface area contributed by atoms with E-state index >= 15 is 0 Å². The first kappa shape index (κ1) is 21.7. The number of hydrogen-bond acceptors (Lipinski definition) is 5. The van der Waals surface area contributed by atoms with E-state index in [1.807, 2.05) is 12.1 Å². The molecular formula is C17H14Cl2F2N6O3. The van der Waals surface area contributed by atoms with Gasteiger partial charge in [-0.15, -0.1) is 0 Å². The number of hydrogen-bond donors (Lipinski definition) is 1. The van der Waals surface area contributed by atoms with Gasteiger partial charge in [-0.3, -0.25) is 24.3 Å². The van der Waals surface area contributed by atoms with E-state index in [0.717, 1.165) is 10.2 Å². The molecular weight excluding hydrogens is 445 g/mol. The van der Waals surface area contributed by atoms with Crippen molar-refractivity contribution in [3.8, 4) is 0 Å². The molecule has 9 nitrogen and oxygen atoms in total. The van der Waals surface area contributed by atoms with Crippen LogP contribution < -0.4 is 5.32 Å². The number of carbonyl (C=O) groups is 1. The van der Waals surface area contributed by atoms with Crippen molar-refractivity contribution in [2.45, 2.75) is 26.4 Å². The molecule has 0 bridgehead atoms. The Balaban J connectivity index is 1.74. The van der Waals surface area contributed by atoms with Crippen molar-refractivity contribution in [2.24, 2.45) is 0 Å². The minimum Gasteiger partial charge on any atom is -0.306 e. The fraction of sp³-hybridized carbons (Fsp3) is 0.235. The van der Waals surface area contributed by atoms with Crippen LogP contribution in [-0.2, 0) is 17.9 Å². The Labute approximate surface area is 178 Å². The lowest BCUT2D eigenvalue weighted by molar-refractivity contribution is -0.386. The first-order valence-corrected chi connectivity index (χ1v) is 9.19. The van der Waals surface area contributed by atoms with Gasteiger partial charge in [-0.2, -0.15) is 10.2 Å². The Kier molecular flexibility index (Phi) is 6.32. The Morgan fingerprint density at radius 1 is 1.27 bits per heavy atom. The highest BCUT2D eigenvalue weighted by Gasteiger charge is 2.31. The molecule has 13 heteroatoms. The number of rotatable bonds is 7. The molecule has 158 valence electrons. The van der Waals surface area contributed by atoms with Crippen LogP contribution >= 0.6 is 23.2 Å². The zero-order valence-electron chi connectivity index (χ0n) is 15.4. The number of carbonyl (C=O) groups excluding carboxylic acids is 1. The van der Waals surface area contributed by atoms with Gasteiger partial charge in [-0.1, -0.05) is 41.4 Å². The molecule has 0 radical (unpaired) electrons. The van der Waals surface area contributed by atoms with Crippen LogP contribution in [0.3, 0.4) is 0 Å². The zero-order chi connectivity index (χ0) is 22.0. The highest BCUT2D eigenvalue weighted by molar-refractivity contribution is 6.33. The third kappa shape index (κ3) is 4.57. The predicted octanol–water partition coefficient (Wildman–Crippen LogP) is 4.23. The first-order chi connectivity index (χ1) is 14.2. The lowest BCUT2D eigenvalue weighted by Gasteiger charge is -2.05. The molecule has 0 fully saturated rings. The predicted molar refractivity (Wildman–Crippen MR) is 105 cm³/mol. The molecule has 1 amide bonds. The van der Waals surface area contributed by atoms with E-state index in [9.17, 15) is 23.7 Å². The summed E-state index contributed by atoms with van der Waals surface area (Å²) in [5, 5.41) is 21.8. The van der Waals surface area contributed by atoms with E-state index in [4.69, 9.17) is 23.2 Å². The average Bonchev–Trinajstić information content (AvgIpc) is 3.17. The van der Waals surface area contributed by atoms with Crippen LogP contribution in [0.4, 0.5) is 20.3 Å². The van der Waals surface area contributed by atoms with Crippen molar-refractivity contribution in [3.63, 3.8) is 0 Å². The van der Waals surface area contributed by atoms with E-state index in [1.54, 1.807) is 12.1 Å². The number of amides is 1. The second-order valence-electron chi connectivity index (χ2n) is 6.20. The highest BCUT2D eigenvalue weighted by Crippen LogP contribution is 2.31. The maximum Gasteiger partial charge on any atom is 0.319 e. The molecule has 1 aromatic carbocycles. The lowest BCUT2D eigenvalue weighted by atomic mass is 10.2. The van der Waals surface area contributed by atoms with Crippen molar-refractivity contribution in [2.75, 3.05) is 5.32 Å². The van der Waals surface area contributed by atoms with E-state index in [2.05, 4.69) is 15.5 Å². The van der Waals surface area contributed by atoms with Crippen LogP contribution in [0.1, 0.15) is 23.4 Å². The minimum atomic E-state index is -3.15. The van der Waals surface area contributed by atoms with Crippen LogP contribution in [0.15, 0.2) is 30.5 Å². The van der Waals surface area contributed by atoms with Gasteiger partial charge >= 0.3 is 5.69 Å². The maximum absolute atomic E-state index is 13.0. The fourth-order valence-electron chi connectivity index (χ4n) is 2.76. The molecule has 30 heavy (non-hydrogen) atoms. The van der Waals surface area contributed by atoms with Gasteiger partial charge in [0, 0.05) is 11.2 Å². The number of nitrogens with zero attached hydrogens (tertiary/aromatic N) is 5. The molecule has 0 aliphatic rings. The molecule has 2 heterocycles. The van der Waals surface area contributed by atoms with Crippen molar-refractivity contribution >= 4 is 40.6 Å². The van der Waals surface area contributed by atoms with Crippen LogP contribution in [-0.4, -0.2) is 30.4 Å². The molecule has 2 aromatic heterocycles. The van der Waals surface area contributed by atoms with Crippen molar-refractivity contribution in [1.29, 1.82) is 0 Å². The van der Waals surface area contributed by atoms with E-state index < -0.39 is 35.2 Å². The number of anilines is 1. The Morgan fingerprint density at radius 2 is 1.97 bits per heavy atom. The quantitative estimate of drug-likeness (QED) is 0.420. The van der Waals surface area contributed by atoms with Gasteiger partial charge in [0.15, 0.2) is 5.82 Å². The van der Waals surface area contributed by atoms with Gasteiger partial charge < -0.3 is 5.32 Å². The Hall–Kier alpha value is -3.05. The molecule has 0 unspecified atom stereocenters. The van der Waals surface area contributed by atoms with Gasteiger partial charge in [-0.25, -0.2) is 8.78 Å². The van der Waals surface area contributed by atoms with Crippen molar-refractivity contribution in [1.82, 2.24) is 19.6 Å². The van der Waals surface area contributed by atoms with Gasteiger partial charge in [0.1, 0.15) is 17.3 Å². The van der Waals surface area contributed by atoms with Crippen LogP contribution in [0, 0.1) is 17.0 Å². The SMILES string of the molecule is Cc1c([N+](=O)[O-])c(C(F)F)nn1CC(=O)Nc1nn(Cc2ccccc2Cl)cc1Cl. The number of alkyl halides is 2. The van der Waals surface area contributed by atoms with Gasteiger partial charge in [0.05, 0.1) is 11.5 Å². The third-order valence-corrected chi connectivity index (χ3v) is 4.79. The van der Waals surface area contributed by atoms with Crippen LogP contribution in [0.25, 0.3) is 0 Å². The summed E-state index contributed by atoms with van der Waals surface area (Å²) in [5.74, 6) is -0.650. The molecule has 3 aromatic rings. The Morgan fingerprint density at radius 3 is 2.57 bits per heavy atom. The molecule has 0 saturated heterocycles. The number of nitrogens with one attached hydrogen (secondary N) is 1. The molecule has 0 aliphatic heterocycles. The molecule has 0 spiro atoms. The zero-order valence-corrected chi connectivity index (χ0v) is 16.9. The normalized spacial score (nSPS) is 11.1. The van der Waals surface area contributed by atoms with Gasteiger partial charge in [0.25, 0.3) is 6.43 Å². The molecule has 0 atom stereocenters. The summed E-state index contributed by atoms with van der Waals surface area (Å²) in [4.78, 5) is 22.4. The smallest absolute Gasteiger partial charge is 0.306 e. The number of nitro groups is 1. The lowest BCUT2D eigenvalue weighted by Crippen LogP contribution is -2.21. The number of halogens is 4. The van der Waals surface area contributed by atoms with Crippen molar-refractivity contribution in [3.05, 3.63) is 67.6 Å². The number of benzene rings is 1. The summed E-state index contributed by atoms with van der Waals surface area (Å²) in [7, 11) is 0. The van der Waals surface area contributed by atoms with Gasteiger partial charge in [0.2, 0.25) is 11.6 Å². The van der Waals surface area contributed by atoms with Crippen molar-refractivity contribution < 1.29 is 18.5 Å². The molecule has 0 saturated carbocycles. The summed E-state index contributed by atoms with van der Waals surface area (Å²) in [5.41, 5.74) is -1.19. The highest BCUT2D eigenvalue weighted by atomic mass is 35.5. The van der Waals surface area contributed by atoms with E-state index in [-0.39, 0.29) is 16.5 Å². The standard InChI is InChI=1S/C17H14Cl2F2N6O3/c1-9-15(27(29)30)14(16(20)21)23-26(9)8-13(28)22-17-12(19)7-25(24-17)6-10-4-2-3-5-11(10)18/h2-5,7,16H,6,8H2,1H3,(H,22,24,28). The first-order valence-electron chi connectivity index (χ1n) is 8.43. The van der Waals surface area contributed by atoms with E-state index in [0.29, 0.717) is 11.6 Å².